The standard InChI is InChI=1S/C22H25FN2O2/c1-15-6-7-19(14-21(15)24-16(2)26)22(27)25-10-8-17(9-11-25)12-18-4-3-5-20(23)13-18/h3-7,13-14,17H,8-12H2,1-2H3,(H,24,26). The third-order valence-corrected chi connectivity index (χ3v) is 5.11. The van der Waals surface area contributed by atoms with Gasteiger partial charge in [-0.2, -0.15) is 0 Å². The van der Waals surface area contributed by atoms with Crippen LogP contribution in [-0.2, 0) is 11.2 Å². The summed E-state index contributed by atoms with van der Waals surface area (Å²) in [6.07, 6.45) is 2.66. The summed E-state index contributed by atoms with van der Waals surface area (Å²) >= 11 is 0. The molecule has 0 spiro atoms. The molecule has 0 bridgehead atoms. The highest BCUT2D eigenvalue weighted by atomic mass is 19.1. The van der Waals surface area contributed by atoms with Gasteiger partial charge in [0.1, 0.15) is 5.82 Å². The van der Waals surface area contributed by atoms with E-state index in [0.717, 1.165) is 30.4 Å². The van der Waals surface area contributed by atoms with Crippen LogP contribution in [0.1, 0.15) is 41.3 Å². The first-order valence-corrected chi connectivity index (χ1v) is 9.34. The van der Waals surface area contributed by atoms with Crippen molar-refractivity contribution in [1.29, 1.82) is 0 Å². The van der Waals surface area contributed by atoms with Gasteiger partial charge >= 0.3 is 0 Å². The number of carbonyl (C=O) groups excluding carboxylic acids is 2. The van der Waals surface area contributed by atoms with Crippen molar-refractivity contribution in [3.8, 4) is 0 Å². The van der Waals surface area contributed by atoms with Crippen molar-refractivity contribution in [3.05, 3.63) is 65.0 Å². The Labute approximate surface area is 159 Å². The highest BCUT2D eigenvalue weighted by Crippen LogP contribution is 2.24. The van der Waals surface area contributed by atoms with Gasteiger partial charge in [-0.05, 0) is 67.5 Å². The number of benzene rings is 2. The molecule has 27 heavy (non-hydrogen) atoms. The van der Waals surface area contributed by atoms with Crippen molar-refractivity contribution in [2.24, 2.45) is 5.92 Å². The van der Waals surface area contributed by atoms with Gasteiger partial charge in [0.25, 0.3) is 5.91 Å². The summed E-state index contributed by atoms with van der Waals surface area (Å²) in [5.41, 5.74) is 3.20. The van der Waals surface area contributed by atoms with E-state index in [1.807, 2.05) is 30.0 Å². The fourth-order valence-electron chi connectivity index (χ4n) is 3.60. The average molecular weight is 368 g/mol. The molecule has 2 amide bonds. The minimum absolute atomic E-state index is 0.00851. The molecule has 1 fully saturated rings. The van der Waals surface area contributed by atoms with Crippen LogP contribution in [-0.4, -0.2) is 29.8 Å². The number of halogens is 1. The maximum absolute atomic E-state index is 13.3. The molecule has 2 aromatic carbocycles. The first-order valence-electron chi connectivity index (χ1n) is 9.34. The summed E-state index contributed by atoms with van der Waals surface area (Å²) in [4.78, 5) is 26.0. The highest BCUT2D eigenvalue weighted by Gasteiger charge is 2.24. The van der Waals surface area contributed by atoms with Crippen molar-refractivity contribution in [3.63, 3.8) is 0 Å². The number of hydrogen-bond acceptors (Lipinski definition) is 2. The van der Waals surface area contributed by atoms with Gasteiger partial charge in [0, 0.05) is 31.3 Å². The van der Waals surface area contributed by atoms with Crippen LogP contribution in [0.15, 0.2) is 42.5 Å². The molecule has 1 aliphatic rings. The molecule has 142 valence electrons. The van der Waals surface area contributed by atoms with E-state index in [9.17, 15) is 14.0 Å². The van der Waals surface area contributed by atoms with Crippen LogP contribution in [0.2, 0.25) is 0 Å². The number of nitrogens with zero attached hydrogens (tertiary/aromatic N) is 1. The number of carbonyl (C=O) groups is 2. The van der Waals surface area contributed by atoms with E-state index in [0.29, 0.717) is 30.3 Å². The van der Waals surface area contributed by atoms with E-state index >= 15 is 0 Å². The second-order valence-electron chi connectivity index (χ2n) is 7.28. The number of likely N-dealkylation sites (tertiary alicyclic amines) is 1. The lowest BCUT2D eigenvalue weighted by molar-refractivity contribution is -0.114. The molecule has 0 atom stereocenters. The molecule has 4 nitrogen and oxygen atoms in total. The zero-order valence-corrected chi connectivity index (χ0v) is 15.8. The Bertz CT molecular complexity index is 842. The number of nitrogens with one attached hydrogen (secondary N) is 1. The lowest BCUT2D eigenvalue weighted by Gasteiger charge is -2.32. The zero-order valence-electron chi connectivity index (χ0n) is 15.8. The normalized spacial score (nSPS) is 14.9. The van der Waals surface area contributed by atoms with E-state index in [4.69, 9.17) is 0 Å². The zero-order chi connectivity index (χ0) is 19.4. The predicted octanol–water partition coefficient (Wildman–Crippen LogP) is 4.19. The Morgan fingerprint density at radius 3 is 2.56 bits per heavy atom. The molecule has 0 aliphatic carbocycles. The van der Waals surface area contributed by atoms with Gasteiger partial charge in [0.2, 0.25) is 5.91 Å². The number of aryl methyl sites for hydroxylation is 1. The Balaban J connectivity index is 1.60. The number of hydrogen-bond donors (Lipinski definition) is 1. The molecule has 1 aliphatic heterocycles. The maximum Gasteiger partial charge on any atom is 0.253 e. The lowest BCUT2D eigenvalue weighted by atomic mass is 9.90. The minimum Gasteiger partial charge on any atom is -0.339 e. The SMILES string of the molecule is CC(=O)Nc1cc(C(=O)N2CCC(Cc3cccc(F)c3)CC2)ccc1C. The van der Waals surface area contributed by atoms with Crippen molar-refractivity contribution in [2.45, 2.75) is 33.1 Å². The van der Waals surface area contributed by atoms with E-state index in [2.05, 4.69) is 5.32 Å². The van der Waals surface area contributed by atoms with Crippen molar-refractivity contribution in [1.82, 2.24) is 4.90 Å². The second kappa shape index (κ2) is 8.33. The van der Waals surface area contributed by atoms with Crippen LogP contribution >= 0.6 is 0 Å². The Kier molecular flexibility index (Phi) is 5.89. The maximum atomic E-state index is 13.3. The Morgan fingerprint density at radius 2 is 1.89 bits per heavy atom. The quantitative estimate of drug-likeness (QED) is 0.880. The lowest BCUT2D eigenvalue weighted by Crippen LogP contribution is -2.39. The molecule has 0 aromatic heterocycles. The molecular formula is C22H25FN2O2. The van der Waals surface area contributed by atoms with Gasteiger partial charge in [0.15, 0.2) is 0 Å². The van der Waals surface area contributed by atoms with Crippen LogP contribution in [0.4, 0.5) is 10.1 Å². The number of amides is 2. The van der Waals surface area contributed by atoms with E-state index in [1.165, 1.54) is 13.0 Å². The third kappa shape index (κ3) is 4.94. The summed E-state index contributed by atoms with van der Waals surface area (Å²) in [5.74, 6) is 0.102. The average Bonchev–Trinajstić information content (AvgIpc) is 2.63. The molecule has 5 heteroatoms. The topological polar surface area (TPSA) is 49.4 Å². The van der Waals surface area contributed by atoms with Crippen molar-refractivity contribution in [2.75, 3.05) is 18.4 Å². The summed E-state index contributed by atoms with van der Waals surface area (Å²) in [7, 11) is 0. The Hall–Kier alpha value is -2.69. The molecule has 0 unspecified atom stereocenters. The van der Waals surface area contributed by atoms with Gasteiger partial charge in [-0.15, -0.1) is 0 Å². The molecule has 3 rings (SSSR count). The summed E-state index contributed by atoms with van der Waals surface area (Å²) < 4.78 is 13.3. The second-order valence-corrected chi connectivity index (χ2v) is 7.28. The Morgan fingerprint density at radius 1 is 1.15 bits per heavy atom. The molecule has 1 saturated heterocycles. The molecule has 0 saturated carbocycles. The first kappa shape index (κ1) is 19.1. The summed E-state index contributed by atoms with van der Waals surface area (Å²) in [6, 6.07) is 12.2. The molecule has 1 N–H and O–H groups in total. The highest BCUT2D eigenvalue weighted by molar-refractivity contribution is 5.97. The van der Waals surface area contributed by atoms with Crippen molar-refractivity contribution >= 4 is 17.5 Å². The van der Waals surface area contributed by atoms with Gasteiger partial charge in [0.05, 0.1) is 0 Å². The molecule has 0 radical (unpaired) electrons. The van der Waals surface area contributed by atoms with Gasteiger partial charge < -0.3 is 10.2 Å². The van der Waals surface area contributed by atoms with E-state index in [-0.39, 0.29) is 17.6 Å². The fourth-order valence-corrected chi connectivity index (χ4v) is 3.60. The smallest absolute Gasteiger partial charge is 0.253 e. The van der Waals surface area contributed by atoms with Crippen LogP contribution in [0, 0.1) is 18.7 Å². The fraction of sp³-hybridized carbons (Fsp3) is 0.364. The largest absolute Gasteiger partial charge is 0.339 e. The molecular weight excluding hydrogens is 343 g/mol. The van der Waals surface area contributed by atoms with Crippen LogP contribution in [0.5, 0.6) is 0 Å². The van der Waals surface area contributed by atoms with E-state index < -0.39 is 0 Å². The summed E-state index contributed by atoms with van der Waals surface area (Å²) in [5, 5.41) is 2.77. The minimum atomic E-state index is -0.200. The van der Waals surface area contributed by atoms with E-state index in [1.54, 1.807) is 18.2 Å². The number of piperidine rings is 1. The third-order valence-electron chi connectivity index (χ3n) is 5.11. The van der Waals surface area contributed by atoms with Crippen molar-refractivity contribution < 1.29 is 14.0 Å². The van der Waals surface area contributed by atoms with Crippen LogP contribution in [0.3, 0.4) is 0 Å². The predicted molar refractivity (Wildman–Crippen MR) is 104 cm³/mol. The molecule has 2 aromatic rings. The van der Waals surface area contributed by atoms with Crippen LogP contribution in [0.25, 0.3) is 0 Å². The van der Waals surface area contributed by atoms with Gasteiger partial charge in [-0.3, -0.25) is 9.59 Å². The number of rotatable bonds is 4. The van der Waals surface area contributed by atoms with Gasteiger partial charge in [-0.25, -0.2) is 4.39 Å². The monoisotopic (exact) mass is 368 g/mol. The molecule has 1 heterocycles. The first-order chi connectivity index (χ1) is 12.9. The number of anilines is 1. The van der Waals surface area contributed by atoms with Gasteiger partial charge in [-0.1, -0.05) is 18.2 Å². The summed E-state index contributed by atoms with van der Waals surface area (Å²) in [6.45, 7) is 4.75. The van der Waals surface area contributed by atoms with Crippen LogP contribution < -0.4 is 5.32 Å².